The molecule has 0 saturated carbocycles. The monoisotopic (exact) mass is 217 g/mol. The van der Waals surface area contributed by atoms with Crippen molar-refractivity contribution in [3.8, 4) is 0 Å². The Labute approximate surface area is 97.3 Å². The van der Waals surface area contributed by atoms with Crippen molar-refractivity contribution < 1.29 is 4.79 Å². The fourth-order valence-corrected chi connectivity index (χ4v) is 2.38. The van der Waals surface area contributed by atoms with E-state index in [0.29, 0.717) is 6.42 Å². The third kappa shape index (κ3) is 2.26. The Bertz CT molecular complexity index is 384. The highest BCUT2D eigenvalue weighted by Gasteiger charge is 2.25. The first-order valence-electron chi connectivity index (χ1n) is 5.89. The Morgan fingerprint density at radius 2 is 2.12 bits per heavy atom. The maximum atomic E-state index is 10.6. The molecular weight excluding hydrogens is 198 g/mol. The van der Waals surface area contributed by atoms with E-state index in [1.54, 1.807) is 0 Å². The molecule has 0 unspecified atom stereocenters. The number of hydrogen-bond donors (Lipinski definition) is 0. The van der Waals surface area contributed by atoms with Gasteiger partial charge in [-0.1, -0.05) is 32.0 Å². The van der Waals surface area contributed by atoms with E-state index in [-0.39, 0.29) is 5.41 Å². The van der Waals surface area contributed by atoms with Gasteiger partial charge in [-0.25, -0.2) is 0 Å². The van der Waals surface area contributed by atoms with Gasteiger partial charge in [0.2, 0.25) is 0 Å². The molecule has 2 nitrogen and oxygen atoms in total. The summed E-state index contributed by atoms with van der Waals surface area (Å²) in [5, 5.41) is 0. The summed E-state index contributed by atoms with van der Waals surface area (Å²) in [6, 6.07) is 8.56. The highest BCUT2D eigenvalue weighted by molar-refractivity contribution is 5.58. The quantitative estimate of drug-likeness (QED) is 0.723. The lowest BCUT2D eigenvalue weighted by atomic mass is 9.89. The lowest BCUT2D eigenvalue weighted by Gasteiger charge is -2.30. The second-order valence-corrected chi connectivity index (χ2v) is 5.34. The zero-order chi connectivity index (χ0) is 11.6. The molecule has 1 aromatic carbocycles. The van der Waals surface area contributed by atoms with Gasteiger partial charge in [-0.15, -0.1) is 0 Å². The minimum absolute atomic E-state index is 0.0687. The van der Waals surface area contributed by atoms with Crippen LogP contribution in [0.3, 0.4) is 0 Å². The van der Waals surface area contributed by atoms with Crippen LogP contribution < -0.4 is 4.90 Å². The van der Waals surface area contributed by atoms with Crippen LogP contribution in [-0.2, 0) is 11.2 Å². The smallest absolute Gasteiger partial charge is 0.120 e. The number of hydrogen-bond acceptors (Lipinski definition) is 2. The molecule has 1 aromatic rings. The molecule has 0 atom stereocenters. The van der Waals surface area contributed by atoms with Gasteiger partial charge in [0, 0.05) is 25.2 Å². The van der Waals surface area contributed by atoms with Crippen LogP contribution in [0, 0.1) is 5.41 Å². The molecule has 86 valence electrons. The van der Waals surface area contributed by atoms with Crippen molar-refractivity contribution in [3.63, 3.8) is 0 Å². The lowest BCUT2D eigenvalue weighted by molar-refractivity contribution is -0.109. The summed E-state index contributed by atoms with van der Waals surface area (Å²) in [7, 11) is 0. The molecule has 0 amide bonds. The summed E-state index contributed by atoms with van der Waals surface area (Å²) in [4.78, 5) is 13.0. The van der Waals surface area contributed by atoms with E-state index >= 15 is 0 Å². The average Bonchev–Trinajstić information content (AvgIpc) is 2.61. The SMILES string of the molecule is CC(C)(CC=O)CN1CCc2ccccc21. The molecule has 0 bridgehead atoms. The Morgan fingerprint density at radius 3 is 2.88 bits per heavy atom. The van der Waals surface area contributed by atoms with Gasteiger partial charge in [-0.2, -0.15) is 0 Å². The largest absolute Gasteiger partial charge is 0.370 e. The molecule has 0 radical (unpaired) electrons. The molecule has 0 fully saturated rings. The molecule has 0 aromatic heterocycles. The molecule has 0 spiro atoms. The predicted octanol–water partition coefficient (Wildman–Crippen LogP) is 2.66. The molecular formula is C14H19NO. The molecule has 1 aliphatic rings. The van der Waals surface area contributed by atoms with Crippen LogP contribution in [0.4, 0.5) is 5.69 Å². The van der Waals surface area contributed by atoms with Crippen molar-refractivity contribution >= 4 is 12.0 Å². The summed E-state index contributed by atoms with van der Waals surface area (Å²) in [5.41, 5.74) is 2.85. The number of carbonyl (C=O) groups is 1. The second kappa shape index (κ2) is 4.28. The van der Waals surface area contributed by atoms with Crippen LogP contribution in [0.5, 0.6) is 0 Å². The van der Waals surface area contributed by atoms with E-state index in [0.717, 1.165) is 25.8 Å². The molecule has 1 aliphatic heterocycles. The predicted molar refractivity (Wildman–Crippen MR) is 66.8 cm³/mol. The number of carbonyl (C=O) groups excluding carboxylic acids is 1. The molecule has 0 aliphatic carbocycles. The van der Waals surface area contributed by atoms with E-state index in [1.165, 1.54) is 11.3 Å². The minimum Gasteiger partial charge on any atom is -0.370 e. The number of aldehydes is 1. The highest BCUT2D eigenvalue weighted by atomic mass is 16.1. The molecule has 0 N–H and O–H groups in total. The van der Waals surface area contributed by atoms with E-state index < -0.39 is 0 Å². The van der Waals surface area contributed by atoms with E-state index in [2.05, 4.69) is 43.0 Å². The van der Waals surface area contributed by atoms with Crippen LogP contribution in [0.15, 0.2) is 24.3 Å². The molecule has 2 rings (SSSR count). The third-order valence-electron chi connectivity index (χ3n) is 3.24. The molecule has 16 heavy (non-hydrogen) atoms. The zero-order valence-corrected chi connectivity index (χ0v) is 10.1. The third-order valence-corrected chi connectivity index (χ3v) is 3.24. The van der Waals surface area contributed by atoms with Crippen LogP contribution >= 0.6 is 0 Å². The van der Waals surface area contributed by atoms with Gasteiger partial charge in [0.05, 0.1) is 0 Å². The summed E-state index contributed by atoms with van der Waals surface area (Å²) in [6.45, 7) is 6.36. The van der Waals surface area contributed by atoms with Gasteiger partial charge in [-0.05, 0) is 23.5 Å². The van der Waals surface area contributed by atoms with E-state index in [1.807, 2.05) is 0 Å². The lowest BCUT2D eigenvalue weighted by Crippen LogP contribution is -2.33. The first kappa shape index (κ1) is 11.2. The number of fused-ring (bicyclic) bond motifs is 1. The van der Waals surface area contributed by atoms with Crippen molar-refractivity contribution in [1.29, 1.82) is 0 Å². The van der Waals surface area contributed by atoms with Crippen molar-refractivity contribution in [1.82, 2.24) is 0 Å². The fourth-order valence-electron chi connectivity index (χ4n) is 2.38. The average molecular weight is 217 g/mol. The fraction of sp³-hybridized carbons (Fsp3) is 0.500. The molecule has 2 heteroatoms. The van der Waals surface area contributed by atoms with Gasteiger partial charge in [0.15, 0.2) is 0 Å². The second-order valence-electron chi connectivity index (χ2n) is 5.34. The Morgan fingerprint density at radius 1 is 1.38 bits per heavy atom. The first-order chi connectivity index (χ1) is 7.62. The maximum Gasteiger partial charge on any atom is 0.120 e. The maximum absolute atomic E-state index is 10.6. The van der Waals surface area contributed by atoms with Gasteiger partial charge < -0.3 is 9.69 Å². The summed E-state index contributed by atoms with van der Waals surface area (Å²) in [5.74, 6) is 0. The summed E-state index contributed by atoms with van der Waals surface area (Å²) >= 11 is 0. The normalized spacial score (nSPS) is 15.0. The van der Waals surface area contributed by atoms with Crippen LogP contribution in [0.25, 0.3) is 0 Å². The van der Waals surface area contributed by atoms with Crippen LogP contribution in [-0.4, -0.2) is 19.4 Å². The van der Waals surface area contributed by atoms with Gasteiger partial charge in [0.1, 0.15) is 6.29 Å². The minimum atomic E-state index is 0.0687. The standard InChI is InChI=1S/C14H19NO/c1-14(2,8-10-16)11-15-9-7-12-5-3-4-6-13(12)15/h3-6,10H,7-9,11H2,1-2H3. The molecule has 1 heterocycles. The van der Waals surface area contributed by atoms with Gasteiger partial charge in [-0.3, -0.25) is 0 Å². The number of benzene rings is 1. The van der Waals surface area contributed by atoms with Crippen LogP contribution in [0.2, 0.25) is 0 Å². The van der Waals surface area contributed by atoms with Crippen molar-refractivity contribution in [2.75, 3.05) is 18.0 Å². The van der Waals surface area contributed by atoms with Gasteiger partial charge in [0.25, 0.3) is 0 Å². The Kier molecular flexibility index (Phi) is 2.99. The number of nitrogens with zero attached hydrogens (tertiary/aromatic N) is 1. The zero-order valence-electron chi connectivity index (χ0n) is 10.1. The number of para-hydroxylation sites is 1. The topological polar surface area (TPSA) is 20.3 Å². The molecule has 0 saturated heterocycles. The van der Waals surface area contributed by atoms with E-state index in [9.17, 15) is 4.79 Å². The Balaban J connectivity index is 2.11. The van der Waals surface area contributed by atoms with Crippen molar-refractivity contribution in [2.45, 2.75) is 26.7 Å². The number of anilines is 1. The van der Waals surface area contributed by atoms with E-state index in [4.69, 9.17) is 0 Å². The summed E-state index contributed by atoms with van der Waals surface area (Å²) in [6.07, 6.45) is 2.79. The van der Waals surface area contributed by atoms with Gasteiger partial charge >= 0.3 is 0 Å². The highest BCUT2D eigenvalue weighted by Crippen LogP contribution is 2.31. The Hall–Kier alpha value is -1.31. The van der Waals surface area contributed by atoms with Crippen molar-refractivity contribution in [2.24, 2.45) is 5.41 Å². The first-order valence-corrected chi connectivity index (χ1v) is 5.89. The van der Waals surface area contributed by atoms with Crippen molar-refractivity contribution in [3.05, 3.63) is 29.8 Å². The summed E-state index contributed by atoms with van der Waals surface area (Å²) < 4.78 is 0. The number of rotatable bonds is 4. The van der Waals surface area contributed by atoms with Crippen LogP contribution in [0.1, 0.15) is 25.8 Å².